The Hall–Kier alpha value is -0.860. The highest BCUT2D eigenvalue weighted by molar-refractivity contribution is 5.20. The Labute approximate surface area is 118 Å². The minimum Gasteiger partial charge on any atom is -0.393 e. The van der Waals surface area contributed by atoms with Crippen LogP contribution in [0.2, 0.25) is 0 Å². The van der Waals surface area contributed by atoms with E-state index in [2.05, 4.69) is 50.4 Å². The van der Waals surface area contributed by atoms with Gasteiger partial charge >= 0.3 is 0 Å². The van der Waals surface area contributed by atoms with Gasteiger partial charge in [-0.15, -0.1) is 0 Å². The van der Waals surface area contributed by atoms with Gasteiger partial charge in [0.1, 0.15) is 0 Å². The third-order valence-electron chi connectivity index (χ3n) is 3.43. The van der Waals surface area contributed by atoms with Crippen molar-refractivity contribution in [3.63, 3.8) is 0 Å². The zero-order valence-electron chi connectivity index (χ0n) is 12.8. The van der Waals surface area contributed by atoms with Gasteiger partial charge in [-0.05, 0) is 44.1 Å². The zero-order valence-corrected chi connectivity index (χ0v) is 12.8. The summed E-state index contributed by atoms with van der Waals surface area (Å²) in [7, 11) is 0. The highest BCUT2D eigenvalue weighted by Crippen LogP contribution is 2.21. The van der Waals surface area contributed by atoms with Crippen molar-refractivity contribution in [1.82, 2.24) is 5.32 Å². The first-order chi connectivity index (χ1) is 8.99. The summed E-state index contributed by atoms with van der Waals surface area (Å²) in [6.07, 6.45) is 1.74. The van der Waals surface area contributed by atoms with Crippen LogP contribution in [0.4, 0.5) is 0 Å². The van der Waals surface area contributed by atoms with Gasteiger partial charge in [0, 0.05) is 12.6 Å². The fraction of sp³-hybridized carbons (Fsp3) is 0.647. The van der Waals surface area contributed by atoms with Gasteiger partial charge in [-0.3, -0.25) is 0 Å². The molecule has 2 heteroatoms. The number of aliphatic hydroxyl groups excluding tert-OH is 1. The van der Waals surface area contributed by atoms with Crippen LogP contribution in [0.5, 0.6) is 0 Å². The average Bonchev–Trinajstić information content (AvgIpc) is 2.34. The van der Waals surface area contributed by atoms with Crippen molar-refractivity contribution in [2.45, 2.75) is 58.6 Å². The first-order valence-electron chi connectivity index (χ1n) is 7.45. The molecule has 2 N–H and O–H groups in total. The third kappa shape index (κ3) is 6.74. The molecule has 0 bridgehead atoms. The van der Waals surface area contributed by atoms with Crippen molar-refractivity contribution in [3.05, 3.63) is 35.9 Å². The lowest BCUT2D eigenvalue weighted by Gasteiger charge is -2.23. The Morgan fingerprint density at radius 1 is 1.00 bits per heavy atom. The predicted octanol–water partition coefficient (Wildman–Crippen LogP) is 3.57. The van der Waals surface area contributed by atoms with Crippen LogP contribution >= 0.6 is 0 Å². The second kappa shape index (κ2) is 8.34. The number of nitrogens with one attached hydrogen (secondary N) is 1. The Morgan fingerprint density at radius 3 is 2.16 bits per heavy atom. The van der Waals surface area contributed by atoms with E-state index in [0.29, 0.717) is 12.0 Å². The zero-order chi connectivity index (χ0) is 14.3. The van der Waals surface area contributed by atoms with Crippen LogP contribution in [0, 0.1) is 5.92 Å². The minimum atomic E-state index is -0.257. The molecule has 0 saturated carbocycles. The summed E-state index contributed by atoms with van der Waals surface area (Å²) < 4.78 is 0. The standard InChI is InChI=1S/C17H29NO/c1-13(2)10-14(3)18-12-17(11-15(4)19)16-8-6-5-7-9-16/h5-9,13-15,17-19H,10-12H2,1-4H3. The molecule has 108 valence electrons. The van der Waals surface area contributed by atoms with Crippen LogP contribution < -0.4 is 5.32 Å². The van der Waals surface area contributed by atoms with E-state index in [1.54, 1.807) is 0 Å². The van der Waals surface area contributed by atoms with Gasteiger partial charge in [-0.1, -0.05) is 44.2 Å². The molecule has 3 unspecified atom stereocenters. The molecule has 0 fully saturated rings. The number of benzene rings is 1. The van der Waals surface area contributed by atoms with Crippen molar-refractivity contribution in [1.29, 1.82) is 0 Å². The molecular weight excluding hydrogens is 234 g/mol. The van der Waals surface area contributed by atoms with Gasteiger partial charge in [0.25, 0.3) is 0 Å². The van der Waals surface area contributed by atoms with Crippen molar-refractivity contribution >= 4 is 0 Å². The van der Waals surface area contributed by atoms with Crippen LogP contribution in [0.1, 0.15) is 52.0 Å². The molecule has 3 atom stereocenters. The topological polar surface area (TPSA) is 32.3 Å². The Bertz CT molecular complexity index is 334. The van der Waals surface area contributed by atoms with Gasteiger partial charge in [-0.2, -0.15) is 0 Å². The van der Waals surface area contributed by atoms with E-state index in [1.165, 1.54) is 12.0 Å². The molecule has 0 radical (unpaired) electrons. The largest absolute Gasteiger partial charge is 0.393 e. The highest BCUT2D eigenvalue weighted by Gasteiger charge is 2.15. The summed E-state index contributed by atoms with van der Waals surface area (Å²) in [5.74, 6) is 1.10. The van der Waals surface area contributed by atoms with E-state index in [1.807, 2.05) is 13.0 Å². The van der Waals surface area contributed by atoms with Gasteiger partial charge in [0.05, 0.1) is 6.10 Å². The Kier molecular flexibility index (Phi) is 7.11. The van der Waals surface area contributed by atoms with Crippen LogP contribution in [-0.2, 0) is 0 Å². The molecule has 0 aromatic heterocycles. The smallest absolute Gasteiger partial charge is 0.0518 e. The van der Waals surface area contributed by atoms with Crippen molar-refractivity contribution < 1.29 is 5.11 Å². The van der Waals surface area contributed by atoms with Crippen molar-refractivity contribution in [3.8, 4) is 0 Å². The molecule has 0 aliphatic carbocycles. The minimum absolute atomic E-state index is 0.257. The van der Waals surface area contributed by atoms with Crippen LogP contribution in [-0.4, -0.2) is 23.8 Å². The summed E-state index contributed by atoms with van der Waals surface area (Å²) in [5.41, 5.74) is 1.31. The average molecular weight is 263 g/mol. The van der Waals surface area contributed by atoms with Gasteiger partial charge in [-0.25, -0.2) is 0 Å². The molecule has 1 rings (SSSR count). The van der Waals surface area contributed by atoms with Gasteiger partial charge in [0.15, 0.2) is 0 Å². The normalized spacial score (nSPS) is 16.3. The lowest BCUT2D eigenvalue weighted by atomic mass is 9.93. The summed E-state index contributed by atoms with van der Waals surface area (Å²) in [6.45, 7) is 9.55. The molecule has 1 aromatic carbocycles. The molecule has 0 spiro atoms. The molecule has 1 aromatic rings. The second-order valence-electron chi connectivity index (χ2n) is 6.13. The Balaban J connectivity index is 2.56. The van der Waals surface area contributed by atoms with E-state index in [-0.39, 0.29) is 6.10 Å². The fourth-order valence-electron chi connectivity index (χ4n) is 2.61. The highest BCUT2D eigenvalue weighted by atomic mass is 16.3. The van der Waals surface area contributed by atoms with E-state index < -0.39 is 0 Å². The maximum absolute atomic E-state index is 9.67. The fourth-order valence-corrected chi connectivity index (χ4v) is 2.61. The maximum atomic E-state index is 9.67. The molecule has 0 aliphatic rings. The predicted molar refractivity (Wildman–Crippen MR) is 82.4 cm³/mol. The van der Waals surface area contributed by atoms with Crippen LogP contribution in [0.15, 0.2) is 30.3 Å². The molecule has 2 nitrogen and oxygen atoms in total. The van der Waals surface area contributed by atoms with Crippen molar-refractivity contribution in [2.75, 3.05) is 6.54 Å². The lowest BCUT2D eigenvalue weighted by molar-refractivity contribution is 0.172. The molecule has 0 saturated heterocycles. The van der Waals surface area contributed by atoms with E-state index in [0.717, 1.165) is 18.9 Å². The second-order valence-corrected chi connectivity index (χ2v) is 6.13. The van der Waals surface area contributed by atoms with Gasteiger partial charge in [0.2, 0.25) is 0 Å². The third-order valence-corrected chi connectivity index (χ3v) is 3.43. The SMILES string of the molecule is CC(C)CC(C)NCC(CC(C)O)c1ccccc1. The summed E-state index contributed by atoms with van der Waals surface area (Å²) in [4.78, 5) is 0. The van der Waals surface area contributed by atoms with Crippen LogP contribution in [0.25, 0.3) is 0 Å². The van der Waals surface area contributed by atoms with Crippen LogP contribution in [0.3, 0.4) is 0 Å². The number of hydrogen-bond acceptors (Lipinski definition) is 2. The summed E-state index contributed by atoms with van der Waals surface area (Å²) >= 11 is 0. The molecular formula is C17H29NO. The summed E-state index contributed by atoms with van der Waals surface area (Å²) in [5, 5.41) is 13.3. The van der Waals surface area contributed by atoms with Crippen molar-refractivity contribution in [2.24, 2.45) is 5.92 Å². The monoisotopic (exact) mass is 263 g/mol. The maximum Gasteiger partial charge on any atom is 0.0518 e. The summed E-state index contributed by atoms with van der Waals surface area (Å²) in [6, 6.07) is 11.0. The first-order valence-corrected chi connectivity index (χ1v) is 7.45. The molecule has 0 amide bonds. The molecule has 0 heterocycles. The van der Waals surface area contributed by atoms with Gasteiger partial charge < -0.3 is 10.4 Å². The molecule has 0 aliphatic heterocycles. The van der Waals surface area contributed by atoms with E-state index in [4.69, 9.17) is 0 Å². The Morgan fingerprint density at radius 2 is 1.63 bits per heavy atom. The quantitative estimate of drug-likeness (QED) is 0.751. The lowest BCUT2D eigenvalue weighted by Crippen LogP contribution is -2.32. The van der Waals surface area contributed by atoms with E-state index >= 15 is 0 Å². The number of aliphatic hydroxyl groups is 1. The number of rotatable bonds is 8. The molecule has 19 heavy (non-hydrogen) atoms. The van der Waals surface area contributed by atoms with E-state index in [9.17, 15) is 5.11 Å². The first kappa shape index (κ1) is 16.2. The number of hydrogen-bond donors (Lipinski definition) is 2.